The smallest absolute Gasteiger partial charge is 0.341 e. The van der Waals surface area contributed by atoms with Crippen molar-refractivity contribution in [1.29, 1.82) is 0 Å². The van der Waals surface area contributed by atoms with Crippen LogP contribution in [-0.2, 0) is 9.53 Å². The van der Waals surface area contributed by atoms with Gasteiger partial charge in [0.2, 0.25) is 5.91 Å². The Kier molecular flexibility index (Phi) is 6.68. The zero-order valence-electron chi connectivity index (χ0n) is 14.2. The number of amides is 1. The quantitative estimate of drug-likeness (QED) is 0.433. The third-order valence-electron chi connectivity index (χ3n) is 3.03. The number of anilines is 1. The number of rotatable bonds is 7. The van der Waals surface area contributed by atoms with Gasteiger partial charge in [0.15, 0.2) is 10.1 Å². The minimum atomic E-state index is -0.550. The topological polar surface area (TPSA) is 98.2 Å². The van der Waals surface area contributed by atoms with E-state index in [2.05, 4.69) is 15.5 Å². The molecule has 1 N–H and O–H groups in total. The summed E-state index contributed by atoms with van der Waals surface area (Å²) in [6.07, 6.45) is 0. The minimum absolute atomic E-state index is 0.128. The molecule has 7 nitrogen and oxygen atoms in total. The zero-order chi connectivity index (χ0) is 18.6. The molecule has 0 unspecified atom stereocenters. The number of thiophene rings is 1. The number of aromatic nitrogens is 2. The van der Waals surface area contributed by atoms with Gasteiger partial charge >= 0.3 is 5.97 Å². The van der Waals surface area contributed by atoms with Crippen molar-refractivity contribution in [2.45, 2.75) is 32.0 Å². The van der Waals surface area contributed by atoms with Crippen LogP contribution in [0.3, 0.4) is 0 Å². The Balaban J connectivity index is 2.16. The Bertz CT molecular complexity index is 813. The van der Waals surface area contributed by atoms with Crippen LogP contribution >= 0.6 is 34.4 Å². The fourth-order valence-electron chi connectivity index (χ4n) is 2.01. The normalized spacial score (nSPS) is 10.6. The van der Waals surface area contributed by atoms with E-state index in [-0.39, 0.29) is 29.6 Å². The Hall–Kier alpha value is -1.78. The second-order valence-electron chi connectivity index (χ2n) is 4.96. The third kappa shape index (κ3) is 4.86. The Labute approximate surface area is 157 Å². The van der Waals surface area contributed by atoms with Crippen LogP contribution in [0.4, 0.5) is 5.00 Å². The molecule has 0 aliphatic rings. The van der Waals surface area contributed by atoms with Crippen LogP contribution < -0.4 is 5.32 Å². The highest BCUT2D eigenvalue weighted by atomic mass is 32.2. The summed E-state index contributed by atoms with van der Waals surface area (Å²) in [6, 6.07) is 0. The van der Waals surface area contributed by atoms with Crippen molar-refractivity contribution < 1.29 is 19.1 Å². The van der Waals surface area contributed by atoms with E-state index in [1.807, 2.05) is 6.92 Å². The van der Waals surface area contributed by atoms with Gasteiger partial charge in [-0.15, -0.1) is 21.5 Å². The molecule has 10 heteroatoms. The van der Waals surface area contributed by atoms with Crippen molar-refractivity contribution in [1.82, 2.24) is 10.2 Å². The SMILES string of the molecule is CCOC(=O)c1c(NC(=O)CSc2nnc(C)s2)sc(C(C)=O)c1C. The summed E-state index contributed by atoms with van der Waals surface area (Å²) in [4.78, 5) is 36.6. The van der Waals surface area contributed by atoms with Crippen molar-refractivity contribution in [3.8, 4) is 0 Å². The second kappa shape index (κ2) is 8.54. The summed E-state index contributed by atoms with van der Waals surface area (Å²) in [5.74, 6) is -0.873. The zero-order valence-corrected chi connectivity index (χ0v) is 16.6. The number of carbonyl (C=O) groups is 3. The fraction of sp³-hybridized carbons (Fsp3) is 0.400. The summed E-state index contributed by atoms with van der Waals surface area (Å²) < 4.78 is 5.74. The number of esters is 1. The van der Waals surface area contributed by atoms with E-state index in [4.69, 9.17) is 4.74 Å². The van der Waals surface area contributed by atoms with Crippen molar-refractivity contribution >= 4 is 57.1 Å². The summed E-state index contributed by atoms with van der Waals surface area (Å²) in [5.41, 5.74) is 0.765. The predicted octanol–water partition coefficient (Wildman–Crippen LogP) is 3.33. The molecule has 0 spiro atoms. The standard InChI is InChI=1S/C15H17N3O4S3/c1-5-22-14(21)11-7(2)12(8(3)19)25-13(11)16-10(20)6-23-15-18-17-9(4)24-15/h5-6H2,1-4H3,(H,16,20). The maximum Gasteiger partial charge on any atom is 0.341 e. The molecule has 0 aromatic carbocycles. The van der Waals surface area contributed by atoms with Crippen molar-refractivity contribution in [3.05, 3.63) is 21.0 Å². The van der Waals surface area contributed by atoms with Crippen LogP contribution in [0.25, 0.3) is 0 Å². The highest BCUT2D eigenvalue weighted by molar-refractivity contribution is 8.01. The molecule has 2 heterocycles. The number of Topliss-reactive ketones (excluding diaryl/α,β-unsaturated/α-hetero) is 1. The van der Waals surface area contributed by atoms with Crippen LogP contribution in [-0.4, -0.2) is 40.2 Å². The number of nitrogens with one attached hydrogen (secondary N) is 1. The first-order valence-electron chi connectivity index (χ1n) is 7.37. The van der Waals surface area contributed by atoms with Crippen molar-refractivity contribution in [2.24, 2.45) is 0 Å². The summed E-state index contributed by atoms with van der Waals surface area (Å²) in [7, 11) is 0. The van der Waals surface area contributed by atoms with Gasteiger partial charge in [0.05, 0.1) is 22.8 Å². The molecule has 0 bridgehead atoms. The van der Waals surface area contributed by atoms with Gasteiger partial charge in [0.25, 0.3) is 0 Å². The molecule has 0 aliphatic carbocycles. The van der Waals surface area contributed by atoms with E-state index in [0.29, 0.717) is 19.8 Å². The number of hydrogen-bond acceptors (Lipinski definition) is 9. The molecular weight excluding hydrogens is 382 g/mol. The Morgan fingerprint density at radius 1 is 1.20 bits per heavy atom. The molecule has 0 saturated heterocycles. The fourth-order valence-corrected chi connectivity index (χ4v) is 4.74. The molecule has 2 aromatic rings. The Morgan fingerprint density at radius 2 is 1.92 bits per heavy atom. The largest absolute Gasteiger partial charge is 0.462 e. The number of ketones is 1. The molecule has 0 fully saturated rings. The minimum Gasteiger partial charge on any atom is -0.462 e. The van der Waals surface area contributed by atoms with Crippen molar-refractivity contribution in [3.63, 3.8) is 0 Å². The van der Waals surface area contributed by atoms with Crippen LogP contribution in [0, 0.1) is 13.8 Å². The first kappa shape index (κ1) is 19.5. The molecule has 0 atom stereocenters. The number of aryl methyl sites for hydroxylation is 1. The lowest BCUT2D eigenvalue weighted by atomic mass is 10.1. The summed E-state index contributed by atoms with van der Waals surface area (Å²) in [6.45, 7) is 6.85. The molecule has 2 rings (SSSR count). The van der Waals surface area contributed by atoms with Gasteiger partial charge < -0.3 is 10.1 Å². The van der Waals surface area contributed by atoms with Gasteiger partial charge in [-0.3, -0.25) is 9.59 Å². The van der Waals surface area contributed by atoms with Crippen LogP contribution in [0.2, 0.25) is 0 Å². The van der Waals surface area contributed by atoms with Gasteiger partial charge in [-0.2, -0.15) is 0 Å². The highest BCUT2D eigenvalue weighted by Gasteiger charge is 2.25. The Morgan fingerprint density at radius 3 is 2.48 bits per heavy atom. The van der Waals surface area contributed by atoms with E-state index >= 15 is 0 Å². The van der Waals surface area contributed by atoms with Crippen LogP contribution in [0.5, 0.6) is 0 Å². The van der Waals surface area contributed by atoms with Crippen molar-refractivity contribution in [2.75, 3.05) is 17.7 Å². The highest BCUT2D eigenvalue weighted by Crippen LogP contribution is 2.34. The first-order valence-corrected chi connectivity index (χ1v) is 9.99. The number of nitrogens with zero attached hydrogens (tertiary/aromatic N) is 2. The molecular formula is C15H17N3O4S3. The van der Waals surface area contributed by atoms with Gasteiger partial charge in [-0.05, 0) is 33.3 Å². The van der Waals surface area contributed by atoms with Gasteiger partial charge in [-0.25, -0.2) is 4.79 Å². The summed E-state index contributed by atoms with van der Waals surface area (Å²) in [5, 5.41) is 11.7. The monoisotopic (exact) mass is 399 g/mol. The lowest BCUT2D eigenvalue weighted by Crippen LogP contribution is -2.16. The van der Waals surface area contributed by atoms with Crippen LogP contribution in [0.1, 0.15) is 44.4 Å². The molecule has 0 saturated carbocycles. The predicted molar refractivity (Wildman–Crippen MR) is 99.0 cm³/mol. The average molecular weight is 400 g/mol. The van der Waals surface area contributed by atoms with Crippen LogP contribution in [0.15, 0.2) is 4.34 Å². The number of carbonyl (C=O) groups excluding carboxylic acids is 3. The number of hydrogen-bond donors (Lipinski definition) is 1. The third-order valence-corrected chi connectivity index (χ3v) is 6.31. The van der Waals surface area contributed by atoms with E-state index in [1.165, 1.54) is 30.0 Å². The maximum atomic E-state index is 12.2. The van der Waals surface area contributed by atoms with Gasteiger partial charge in [-0.1, -0.05) is 23.1 Å². The average Bonchev–Trinajstić information content (AvgIpc) is 3.09. The first-order chi connectivity index (χ1) is 11.8. The van der Waals surface area contributed by atoms with Gasteiger partial charge in [0.1, 0.15) is 10.0 Å². The number of thioether (sulfide) groups is 1. The van der Waals surface area contributed by atoms with E-state index in [9.17, 15) is 14.4 Å². The van der Waals surface area contributed by atoms with E-state index in [0.717, 1.165) is 16.3 Å². The molecule has 134 valence electrons. The molecule has 2 aromatic heterocycles. The molecule has 0 aliphatic heterocycles. The maximum absolute atomic E-state index is 12.2. The van der Waals surface area contributed by atoms with Gasteiger partial charge in [0, 0.05) is 0 Å². The lowest BCUT2D eigenvalue weighted by Gasteiger charge is -2.06. The van der Waals surface area contributed by atoms with E-state index in [1.54, 1.807) is 13.8 Å². The second-order valence-corrected chi connectivity index (χ2v) is 8.39. The number of ether oxygens (including phenoxy) is 1. The van der Waals surface area contributed by atoms with E-state index < -0.39 is 5.97 Å². The lowest BCUT2D eigenvalue weighted by molar-refractivity contribution is -0.113. The molecule has 0 radical (unpaired) electrons. The summed E-state index contributed by atoms with van der Waals surface area (Å²) >= 11 is 3.76. The molecule has 25 heavy (non-hydrogen) atoms. The molecule has 1 amide bonds.